The van der Waals surface area contributed by atoms with Crippen molar-refractivity contribution in [2.75, 3.05) is 26.7 Å². The summed E-state index contributed by atoms with van der Waals surface area (Å²) in [6.07, 6.45) is 4.69. The highest BCUT2D eigenvalue weighted by Crippen LogP contribution is 2.41. The molecule has 0 atom stereocenters. The first-order valence-electron chi connectivity index (χ1n) is 8.60. The van der Waals surface area contributed by atoms with Crippen molar-refractivity contribution in [3.63, 3.8) is 0 Å². The minimum atomic E-state index is -0.0952. The lowest BCUT2D eigenvalue weighted by Gasteiger charge is -2.37. The van der Waals surface area contributed by atoms with Crippen molar-refractivity contribution in [2.24, 2.45) is 5.41 Å². The highest BCUT2D eigenvalue weighted by atomic mass is 16.2. The molecule has 1 aromatic heterocycles. The summed E-state index contributed by atoms with van der Waals surface area (Å²) in [5.41, 5.74) is 0.927. The van der Waals surface area contributed by atoms with Crippen molar-refractivity contribution < 1.29 is 4.79 Å². The van der Waals surface area contributed by atoms with E-state index in [-0.39, 0.29) is 5.41 Å². The van der Waals surface area contributed by atoms with Crippen molar-refractivity contribution in [1.29, 1.82) is 0 Å². The second kappa shape index (κ2) is 6.02. The molecule has 2 fully saturated rings. The zero-order valence-corrected chi connectivity index (χ0v) is 14.1. The summed E-state index contributed by atoms with van der Waals surface area (Å²) in [6.45, 7) is 3.54. The molecule has 0 N–H and O–H groups in total. The first kappa shape index (κ1) is 15.3. The van der Waals surface area contributed by atoms with Gasteiger partial charge in [-0.15, -0.1) is 5.10 Å². The van der Waals surface area contributed by atoms with Crippen molar-refractivity contribution >= 4 is 5.91 Å². The molecule has 0 unspecified atom stereocenters. The molecule has 2 saturated heterocycles. The van der Waals surface area contributed by atoms with Crippen molar-refractivity contribution in [3.05, 3.63) is 42.5 Å². The standard InChI is InChI=1S/C18H23N5O/c1-21-10-7-18(17(21)24)8-11-22(12-9-18)13-16-19-14-23(20-16)15-5-3-2-4-6-15/h2-6,14H,7-13H2,1H3. The highest BCUT2D eigenvalue weighted by Gasteiger charge is 2.46. The Morgan fingerprint density at radius 1 is 1.08 bits per heavy atom. The van der Waals surface area contributed by atoms with Crippen molar-refractivity contribution in [3.8, 4) is 5.69 Å². The van der Waals surface area contributed by atoms with Gasteiger partial charge < -0.3 is 4.90 Å². The van der Waals surface area contributed by atoms with E-state index in [4.69, 9.17) is 0 Å². The molecule has 2 aliphatic heterocycles. The Labute approximate surface area is 142 Å². The maximum Gasteiger partial charge on any atom is 0.228 e. The van der Waals surface area contributed by atoms with E-state index in [1.165, 1.54) is 0 Å². The highest BCUT2D eigenvalue weighted by molar-refractivity contribution is 5.84. The van der Waals surface area contributed by atoms with E-state index in [1.807, 2.05) is 47.0 Å². The molecule has 6 heteroatoms. The van der Waals surface area contributed by atoms with E-state index >= 15 is 0 Å². The monoisotopic (exact) mass is 325 g/mol. The number of nitrogens with zero attached hydrogens (tertiary/aromatic N) is 5. The van der Waals surface area contributed by atoms with Gasteiger partial charge in [-0.1, -0.05) is 18.2 Å². The molecule has 1 aromatic carbocycles. The van der Waals surface area contributed by atoms with Gasteiger partial charge in [0.25, 0.3) is 0 Å². The number of aromatic nitrogens is 3. The van der Waals surface area contributed by atoms with Crippen LogP contribution < -0.4 is 0 Å². The van der Waals surface area contributed by atoms with Gasteiger partial charge >= 0.3 is 0 Å². The molecule has 0 saturated carbocycles. The van der Waals surface area contributed by atoms with E-state index < -0.39 is 0 Å². The van der Waals surface area contributed by atoms with Crippen LogP contribution in [0.15, 0.2) is 36.7 Å². The average Bonchev–Trinajstić information content (AvgIpc) is 3.19. The lowest BCUT2D eigenvalue weighted by molar-refractivity contribution is -0.137. The quantitative estimate of drug-likeness (QED) is 0.862. The molecular formula is C18H23N5O. The zero-order valence-electron chi connectivity index (χ0n) is 14.1. The molecule has 0 radical (unpaired) electrons. The lowest BCUT2D eigenvalue weighted by Crippen LogP contribution is -2.43. The SMILES string of the molecule is CN1CCC2(CCN(Cc3ncn(-c4ccccc4)n3)CC2)C1=O. The van der Waals surface area contributed by atoms with Gasteiger partial charge in [0, 0.05) is 13.6 Å². The number of para-hydroxylation sites is 1. The molecule has 3 heterocycles. The summed E-state index contributed by atoms with van der Waals surface area (Å²) in [5.74, 6) is 1.18. The van der Waals surface area contributed by atoms with Crippen LogP contribution in [0.1, 0.15) is 25.1 Å². The molecule has 0 bridgehead atoms. The normalized spacial score (nSPS) is 20.9. The van der Waals surface area contributed by atoms with Gasteiger partial charge in [0.1, 0.15) is 6.33 Å². The van der Waals surface area contributed by atoms with Gasteiger partial charge in [0.15, 0.2) is 5.82 Å². The minimum absolute atomic E-state index is 0.0952. The molecule has 24 heavy (non-hydrogen) atoms. The topological polar surface area (TPSA) is 54.3 Å². The third kappa shape index (κ3) is 2.71. The number of amides is 1. The Hall–Kier alpha value is -2.21. The third-order valence-corrected chi connectivity index (χ3v) is 5.46. The maximum absolute atomic E-state index is 12.4. The predicted molar refractivity (Wildman–Crippen MR) is 90.6 cm³/mol. The fourth-order valence-corrected chi connectivity index (χ4v) is 3.87. The van der Waals surface area contributed by atoms with Crippen LogP contribution >= 0.6 is 0 Å². The van der Waals surface area contributed by atoms with Gasteiger partial charge in [0.05, 0.1) is 17.6 Å². The zero-order chi connectivity index (χ0) is 16.6. The molecule has 2 aromatic rings. The summed E-state index contributed by atoms with van der Waals surface area (Å²) in [4.78, 5) is 21.1. The fourth-order valence-electron chi connectivity index (χ4n) is 3.87. The van der Waals surface area contributed by atoms with E-state index in [0.29, 0.717) is 5.91 Å². The summed E-state index contributed by atoms with van der Waals surface area (Å²) >= 11 is 0. The van der Waals surface area contributed by atoms with Crippen LogP contribution in [0, 0.1) is 5.41 Å². The number of piperidine rings is 1. The third-order valence-electron chi connectivity index (χ3n) is 5.46. The van der Waals surface area contributed by atoms with Crippen LogP contribution in [0.2, 0.25) is 0 Å². The van der Waals surface area contributed by atoms with Gasteiger partial charge in [-0.2, -0.15) is 0 Å². The number of likely N-dealkylation sites (tertiary alicyclic amines) is 2. The van der Waals surface area contributed by atoms with Crippen LogP contribution in [0.3, 0.4) is 0 Å². The molecule has 1 spiro atoms. The number of hydrogen-bond donors (Lipinski definition) is 0. The second-order valence-corrected chi connectivity index (χ2v) is 6.97. The number of benzene rings is 1. The Morgan fingerprint density at radius 2 is 1.79 bits per heavy atom. The van der Waals surface area contributed by atoms with Gasteiger partial charge in [-0.05, 0) is 44.5 Å². The molecule has 1 amide bonds. The molecule has 0 aliphatic carbocycles. The van der Waals surface area contributed by atoms with E-state index in [0.717, 1.165) is 57.0 Å². The first-order valence-corrected chi connectivity index (χ1v) is 8.60. The van der Waals surface area contributed by atoms with E-state index in [2.05, 4.69) is 15.0 Å². The Kier molecular flexibility index (Phi) is 3.84. The van der Waals surface area contributed by atoms with Crippen molar-refractivity contribution in [1.82, 2.24) is 24.6 Å². The van der Waals surface area contributed by atoms with E-state index in [9.17, 15) is 4.79 Å². The van der Waals surface area contributed by atoms with Crippen LogP contribution in [0.4, 0.5) is 0 Å². The number of rotatable bonds is 3. The van der Waals surface area contributed by atoms with Crippen molar-refractivity contribution in [2.45, 2.75) is 25.8 Å². The number of carbonyl (C=O) groups excluding carboxylic acids is 1. The maximum atomic E-state index is 12.4. The lowest BCUT2D eigenvalue weighted by atomic mass is 9.77. The molecule has 126 valence electrons. The van der Waals surface area contributed by atoms with Gasteiger partial charge in [-0.25, -0.2) is 9.67 Å². The minimum Gasteiger partial charge on any atom is -0.345 e. The Balaban J connectivity index is 1.38. The second-order valence-electron chi connectivity index (χ2n) is 6.97. The predicted octanol–water partition coefficient (Wildman–Crippen LogP) is 1.71. The van der Waals surface area contributed by atoms with Crippen LogP contribution in [0.5, 0.6) is 0 Å². The molecular weight excluding hydrogens is 302 g/mol. The average molecular weight is 325 g/mol. The Morgan fingerprint density at radius 3 is 2.46 bits per heavy atom. The Bertz CT molecular complexity index is 718. The summed E-state index contributed by atoms with van der Waals surface area (Å²) in [6, 6.07) is 10.0. The molecule has 4 rings (SSSR count). The molecule has 2 aliphatic rings. The van der Waals surface area contributed by atoms with Gasteiger partial charge in [0.2, 0.25) is 5.91 Å². The number of hydrogen-bond acceptors (Lipinski definition) is 4. The van der Waals surface area contributed by atoms with Crippen LogP contribution in [-0.4, -0.2) is 57.2 Å². The summed E-state index contributed by atoms with van der Waals surface area (Å²) in [7, 11) is 1.92. The molecule has 6 nitrogen and oxygen atoms in total. The smallest absolute Gasteiger partial charge is 0.228 e. The van der Waals surface area contributed by atoms with Crippen LogP contribution in [0.25, 0.3) is 5.69 Å². The van der Waals surface area contributed by atoms with Gasteiger partial charge in [-0.3, -0.25) is 9.69 Å². The largest absolute Gasteiger partial charge is 0.345 e. The van der Waals surface area contributed by atoms with E-state index in [1.54, 1.807) is 6.33 Å². The first-order chi connectivity index (χ1) is 11.7. The van der Waals surface area contributed by atoms with Crippen LogP contribution in [-0.2, 0) is 11.3 Å². The summed E-state index contributed by atoms with van der Waals surface area (Å²) in [5, 5.41) is 4.58. The fraction of sp³-hybridized carbons (Fsp3) is 0.500. The summed E-state index contributed by atoms with van der Waals surface area (Å²) < 4.78 is 1.82. The number of carbonyl (C=O) groups is 1.